The molecule has 0 fully saturated rings. The van der Waals surface area contributed by atoms with Crippen LogP contribution < -0.4 is 5.56 Å². The summed E-state index contributed by atoms with van der Waals surface area (Å²) in [4.78, 5) is 25.4. The lowest BCUT2D eigenvalue weighted by Gasteiger charge is -2.04. The smallest absolute Gasteiger partial charge is 0.248 e. The molecule has 0 atom stereocenters. The van der Waals surface area contributed by atoms with Gasteiger partial charge in [-0.25, -0.2) is 0 Å². The normalized spacial score (nSPS) is 10.5. The molecule has 0 radical (unpaired) electrons. The van der Waals surface area contributed by atoms with Gasteiger partial charge in [-0.15, -0.1) is 0 Å². The molecular formula is C12H11NO2. The molecule has 15 heavy (non-hydrogen) atoms. The van der Waals surface area contributed by atoms with E-state index in [0.717, 1.165) is 10.9 Å². The van der Waals surface area contributed by atoms with E-state index >= 15 is 0 Å². The molecule has 2 aromatic rings. The first-order chi connectivity index (χ1) is 7.09. The number of Topliss-reactive ketones (excluding diaryl/α,β-unsaturated/α-hetero) is 1. The van der Waals surface area contributed by atoms with Gasteiger partial charge in [0.25, 0.3) is 0 Å². The molecule has 1 N–H and O–H groups in total. The van der Waals surface area contributed by atoms with E-state index in [9.17, 15) is 9.59 Å². The van der Waals surface area contributed by atoms with Gasteiger partial charge in [0.1, 0.15) is 0 Å². The average molecular weight is 201 g/mol. The topological polar surface area (TPSA) is 49.9 Å². The molecule has 1 aromatic carbocycles. The van der Waals surface area contributed by atoms with E-state index in [0.29, 0.717) is 11.1 Å². The Morgan fingerprint density at radius 2 is 2.07 bits per heavy atom. The minimum Gasteiger partial charge on any atom is -0.321 e. The summed E-state index contributed by atoms with van der Waals surface area (Å²) in [6.45, 7) is 3.36. The van der Waals surface area contributed by atoms with Gasteiger partial charge in [0, 0.05) is 17.0 Å². The molecule has 0 bridgehead atoms. The van der Waals surface area contributed by atoms with Gasteiger partial charge in [0.2, 0.25) is 5.56 Å². The Bertz CT molecular complexity index is 596. The third kappa shape index (κ3) is 1.56. The maximum atomic E-state index is 11.4. The predicted octanol–water partition coefficient (Wildman–Crippen LogP) is 2.04. The fourth-order valence-corrected chi connectivity index (χ4v) is 1.74. The number of rotatable bonds is 1. The van der Waals surface area contributed by atoms with Crippen molar-refractivity contribution in [2.75, 3.05) is 0 Å². The number of H-pyrrole nitrogens is 1. The maximum Gasteiger partial charge on any atom is 0.248 e. The third-order valence-electron chi connectivity index (χ3n) is 2.46. The first-order valence-corrected chi connectivity index (χ1v) is 4.73. The Labute approximate surface area is 86.8 Å². The number of benzene rings is 1. The summed E-state index contributed by atoms with van der Waals surface area (Å²) in [5, 5.41) is 0.919. The number of carbonyl (C=O) groups excluding carboxylic acids is 1. The monoisotopic (exact) mass is 201 g/mol. The van der Waals surface area contributed by atoms with Crippen LogP contribution in [0.1, 0.15) is 22.8 Å². The number of fused-ring (bicyclic) bond motifs is 1. The Morgan fingerprint density at radius 1 is 1.33 bits per heavy atom. The van der Waals surface area contributed by atoms with Crippen LogP contribution in [0.25, 0.3) is 10.9 Å². The molecule has 1 heterocycles. The minimum absolute atomic E-state index is 0.0400. The average Bonchev–Trinajstić information content (AvgIpc) is 2.16. The van der Waals surface area contributed by atoms with Gasteiger partial charge in [0.15, 0.2) is 5.78 Å². The van der Waals surface area contributed by atoms with Gasteiger partial charge >= 0.3 is 0 Å². The maximum absolute atomic E-state index is 11.4. The van der Waals surface area contributed by atoms with Crippen molar-refractivity contribution in [3.8, 4) is 0 Å². The highest BCUT2D eigenvalue weighted by Crippen LogP contribution is 2.18. The second-order valence-electron chi connectivity index (χ2n) is 3.60. The number of hydrogen-bond acceptors (Lipinski definition) is 2. The standard InChI is InChI=1S/C12H11NO2/c1-7-6-11(15)13-12-9(7)4-3-5-10(12)8(2)14/h3-6H,1-2H3,(H,13,15). The van der Waals surface area contributed by atoms with Crippen LogP contribution in [-0.2, 0) is 0 Å². The van der Waals surface area contributed by atoms with E-state index in [-0.39, 0.29) is 11.3 Å². The van der Waals surface area contributed by atoms with Crippen LogP contribution in [0.3, 0.4) is 0 Å². The third-order valence-corrected chi connectivity index (χ3v) is 2.46. The number of aryl methyl sites for hydroxylation is 1. The van der Waals surface area contributed by atoms with Crippen molar-refractivity contribution >= 4 is 16.7 Å². The van der Waals surface area contributed by atoms with E-state index in [4.69, 9.17) is 0 Å². The lowest BCUT2D eigenvalue weighted by molar-refractivity contribution is 0.101. The fraction of sp³-hybridized carbons (Fsp3) is 0.167. The first kappa shape index (κ1) is 9.65. The molecule has 1 aromatic heterocycles. The Morgan fingerprint density at radius 3 is 2.73 bits per heavy atom. The molecule has 0 unspecified atom stereocenters. The summed E-state index contributed by atoms with van der Waals surface area (Å²) in [7, 11) is 0. The zero-order valence-corrected chi connectivity index (χ0v) is 8.63. The second kappa shape index (κ2) is 3.35. The SMILES string of the molecule is CC(=O)c1cccc2c(C)cc(=O)[nH]c12. The largest absolute Gasteiger partial charge is 0.321 e. The quantitative estimate of drug-likeness (QED) is 0.718. The summed E-state index contributed by atoms with van der Waals surface area (Å²) in [5.74, 6) is -0.0400. The number of pyridine rings is 1. The Balaban J connectivity index is 2.97. The molecule has 0 amide bonds. The fourth-order valence-electron chi connectivity index (χ4n) is 1.74. The van der Waals surface area contributed by atoms with E-state index < -0.39 is 0 Å². The lowest BCUT2D eigenvalue weighted by Crippen LogP contribution is -2.07. The Hall–Kier alpha value is -1.90. The summed E-state index contributed by atoms with van der Waals surface area (Å²) < 4.78 is 0. The zero-order valence-electron chi connectivity index (χ0n) is 8.63. The van der Waals surface area contributed by atoms with Gasteiger partial charge < -0.3 is 4.98 Å². The molecule has 76 valence electrons. The van der Waals surface area contributed by atoms with Gasteiger partial charge in [-0.2, -0.15) is 0 Å². The van der Waals surface area contributed by atoms with E-state index in [1.807, 2.05) is 19.1 Å². The van der Waals surface area contributed by atoms with Gasteiger partial charge in [-0.1, -0.05) is 12.1 Å². The lowest BCUT2D eigenvalue weighted by atomic mass is 10.0. The van der Waals surface area contributed by atoms with Gasteiger partial charge in [-0.3, -0.25) is 9.59 Å². The van der Waals surface area contributed by atoms with Crippen LogP contribution in [-0.4, -0.2) is 10.8 Å². The van der Waals surface area contributed by atoms with Crippen LogP contribution >= 0.6 is 0 Å². The number of nitrogens with one attached hydrogen (secondary N) is 1. The van der Waals surface area contributed by atoms with Crippen molar-refractivity contribution in [1.29, 1.82) is 0 Å². The highest BCUT2D eigenvalue weighted by atomic mass is 16.1. The van der Waals surface area contributed by atoms with E-state index in [1.54, 1.807) is 6.07 Å². The van der Waals surface area contributed by atoms with Crippen molar-refractivity contribution < 1.29 is 4.79 Å². The molecule has 3 nitrogen and oxygen atoms in total. The van der Waals surface area contributed by atoms with E-state index in [2.05, 4.69) is 4.98 Å². The first-order valence-electron chi connectivity index (χ1n) is 4.73. The molecule has 0 saturated heterocycles. The molecule has 3 heteroatoms. The highest BCUT2D eigenvalue weighted by molar-refractivity contribution is 6.05. The second-order valence-corrected chi connectivity index (χ2v) is 3.60. The molecule has 2 rings (SSSR count). The van der Waals surface area contributed by atoms with Crippen LogP contribution in [0.2, 0.25) is 0 Å². The van der Waals surface area contributed by atoms with Crippen LogP contribution in [0.5, 0.6) is 0 Å². The highest BCUT2D eigenvalue weighted by Gasteiger charge is 2.07. The number of aromatic amines is 1. The number of ketones is 1. The van der Waals surface area contributed by atoms with Gasteiger partial charge in [0.05, 0.1) is 5.52 Å². The Kier molecular flexibility index (Phi) is 2.15. The molecule has 0 spiro atoms. The predicted molar refractivity (Wildman–Crippen MR) is 59.3 cm³/mol. The summed E-state index contributed by atoms with van der Waals surface area (Å²) in [6.07, 6.45) is 0. The zero-order chi connectivity index (χ0) is 11.0. The summed E-state index contributed by atoms with van der Waals surface area (Å²) in [6, 6.07) is 6.98. The van der Waals surface area contributed by atoms with Crippen molar-refractivity contribution in [2.45, 2.75) is 13.8 Å². The molecule has 0 aliphatic heterocycles. The van der Waals surface area contributed by atoms with Crippen molar-refractivity contribution in [1.82, 2.24) is 4.98 Å². The summed E-state index contributed by atoms with van der Waals surface area (Å²) >= 11 is 0. The number of carbonyl (C=O) groups is 1. The number of aromatic nitrogens is 1. The number of hydrogen-bond donors (Lipinski definition) is 1. The van der Waals surface area contributed by atoms with Crippen molar-refractivity contribution in [3.05, 3.63) is 45.7 Å². The molecule has 0 aliphatic carbocycles. The van der Waals surface area contributed by atoms with Gasteiger partial charge in [-0.05, 0) is 25.5 Å². The minimum atomic E-state index is -0.172. The van der Waals surface area contributed by atoms with Crippen LogP contribution in [0.4, 0.5) is 0 Å². The summed E-state index contributed by atoms with van der Waals surface area (Å²) in [5.41, 5.74) is 1.91. The molecule has 0 aliphatic rings. The molecular weight excluding hydrogens is 190 g/mol. The van der Waals surface area contributed by atoms with Crippen molar-refractivity contribution in [2.24, 2.45) is 0 Å². The molecule has 0 saturated carbocycles. The van der Waals surface area contributed by atoms with E-state index in [1.165, 1.54) is 13.0 Å². The van der Waals surface area contributed by atoms with Crippen LogP contribution in [0, 0.1) is 6.92 Å². The van der Waals surface area contributed by atoms with Crippen LogP contribution in [0.15, 0.2) is 29.1 Å². The number of para-hydroxylation sites is 1. The van der Waals surface area contributed by atoms with Crippen molar-refractivity contribution in [3.63, 3.8) is 0 Å².